The maximum atomic E-state index is 12.0. The van der Waals surface area contributed by atoms with Crippen molar-refractivity contribution in [2.75, 3.05) is 39.3 Å². The van der Waals surface area contributed by atoms with Gasteiger partial charge in [-0.25, -0.2) is 0 Å². The van der Waals surface area contributed by atoms with E-state index in [1.54, 1.807) is 12.1 Å². The van der Waals surface area contributed by atoms with Crippen molar-refractivity contribution in [1.29, 1.82) is 0 Å². The van der Waals surface area contributed by atoms with Gasteiger partial charge in [-0.05, 0) is 6.92 Å². The van der Waals surface area contributed by atoms with Gasteiger partial charge >= 0.3 is 5.97 Å². The number of aryl methyl sites for hydroxylation is 1. The summed E-state index contributed by atoms with van der Waals surface area (Å²) in [5, 5.41) is 3.28. The van der Waals surface area contributed by atoms with Crippen LogP contribution in [-0.4, -0.2) is 56.0 Å². The van der Waals surface area contributed by atoms with Crippen molar-refractivity contribution in [2.45, 2.75) is 19.8 Å². The highest BCUT2D eigenvalue weighted by molar-refractivity contribution is 5.97. The molecule has 0 aliphatic carbocycles. The van der Waals surface area contributed by atoms with Gasteiger partial charge < -0.3 is 10.1 Å². The number of benzene rings is 1. The molecule has 1 aliphatic heterocycles. The molecule has 1 N–H and O–H groups in total. The third kappa shape index (κ3) is 5.58. The number of nitrogens with zero attached hydrogens (tertiary/aromatic N) is 1. The third-order valence-electron chi connectivity index (χ3n) is 3.81. The van der Waals surface area contributed by atoms with Gasteiger partial charge in [0.25, 0.3) is 0 Å². The molecule has 0 saturated carbocycles. The van der Waals surface area contributed by atoms with E-state index in [0.717, 1.165) is 38.3 Å². The first-order valence-corrected chi connectivity index (χ1v) is 7.84. The van der Waals surface area contributed by atoms with Gasteiger partial charge in [0.15, 0.2) is 5.78 Å². The van der Waals surface area contributed by atoms with Crippen LogP contribution in [0.25, 0.3) is 0 Å². The molecule has 1 aromatic rings. The Hall–Kier alpha value is -1.72. The Kier molecular flexibility index (Phi) is 6.55. The van der Waals surface area contributed by atoms with Crippen molar-refractivity contribution in [3.8, 4) is 0 Å². The van der Waals surface area contributed by atoms with E-state index < -0.39 is 0 Å². The number of nitrogens with one attached hydrogen (secondary N) is 1. The summed E-state index contributed by atoms with van der Waals surface area (Å²) in [4.78, 5) is 25.9. The Bertz CT molecular complexity index is 493. The Labute approximate surface area is 131 Å². The standard InChI is InChI=1S/C17H24N2O3/c1-14-2-4-15(5-3-14)16(20)6-7-17(21)22-13-12-19-10-8-18-9-11-19/h2-5,18H,6-13H2,1H3. The lowest BCUT2D eigenvalue weighted by Crippen LogP contribution is -2.44. The molecule has 5 nitrogen and oxygen atoms in total. The van der Waals surface area contributed by atoms with Crippen molar-refractivity contribution in [2.24, 2.45) is 0 Å². The number of carbonyl (C=O) groups is 2. The molecular weight excluding hydrogens is 280 g/mol. The van der Waals surface area contributed by atoms with Gasteiger partial charge in [0.1, 0.15) is 6.61 Å². The Balaban J connectivity index is 1.62. The van der Waals surface area contributed by atoms with Crippen LogP contribution in [-0.2, 0) is 9.53 Å². The predicted molar refractivity (Wildman–Crippen MR) is 85.0 cm³/mol. The highest BCUT2D eigenvalue weighted by Crippen LogP contribution is 2.08. The number of hydrogen-bond acceptors (Lipinski definition) is 5. The van der Waals surface area contributed by atoms with Gasteiger partial charge in [0.05, 0.1) is 6.42 Å². The highest BCUT2D eigenvalue weighted by atomic mass is 16.5. The molecule has 0 radical (unpaired) electrons. The Morgan fingerprint density at radius 3 is 2.50 bits per heavy atom. The zero-order valence-electron chi connectivity index (χ0n) is 13.1. The van der Waals surface area contributed by atoms with Crippen LogP contribution in [0.2, 0.25) is 0 Å². The maximum Gasteiger partial charge on any atom is 0.306 e. The van der Waals surface area contributed by atoms with Crippen LogP contribution < -0.4 is 5.32 Å². The fraction of sp³-hybridized carbons (Fsp3) is 0.529. The number of ether oxygens (including phenoxy) is 1. The molecule has 120 valence electrons. The number of esters is 1. The molecule has 1 fully saturated rings. The van der Waals surface area contributed by atoms with Crippen molar-refractivity contribution < 1.29 is 14.3 Å². The van der Waals surface area contributed by atoms with E-state index in [2.05, 4.69) is 10.2 Å². The lowest BCUT2D eigenvalue weighted by Gasteiger charge is -2.26. The van der Waals surface area contributed by atoms with Crippen LogP contribution in [0, 0.1) is 6.92 Å². The van der Waals surface area contributed by atoms with Crippen LogP contribution >= 0.6 is 0 Å². The van der Waals surface area contributed by atoms with Crippen molar-refractivity contribution >= 4 is 11.8 Å². The summed E-state index contributed by atoms with van der Waals surface area (Å²) in [7, 11) is 0. The number of piperazine rings is 1. The normalized spacial score (nSPS) is 15.5. The summed E-state index contributed by atoms with van der Waals surface area (Å²) in [6.45, 7) is 7.09. The van der Waals surface area contributed by atoms with Gasteiger partial charge in [-0.2, -0.15) is 0 Å². The average molecular weight is 304 g/mol. The molecule has 1 heterocycles. The molecule has 0 amide bonds. The third-order valence-corrected chi connectivity index (χ3v) is 3.81. The van der Waals surface area contributed by atoms with E-state index in [4.69, 9.17) is 4.74 Å². The Morgan fingerprint density at radius 1 is 1.14 bits per heavy atom. The SMILES string of the molecule is Cc1ccc(C(=O)CCC(=O)OCCN2CCNCC2)cc1. The molecule has 0 aromatic heterocycles. The maximum absolute atomic E-state index is 12.0. The molecule has 0 unspecified atom stereocenters. The second-order valence-electron chi connectivity index (χ2n) is 5.60. The predicted octanol–water partition coefficient (Wildman–Crippen LogP) is 1.41. The molecule has 5 heteroatoms. The molecule has 1 saturated heterocycles. The topological polar surface area (TPSA) is 58.6 Å². The van der Waals surface area contributed by atoms with Crippen molar-refractivity contribution in [1.82, 2.24) is 10.2 Å². The molecule has 0 atom stereocenters. The fourth-order valence-electron chi connectivity index (χ4n) is 2.39. The molecule has 1 aliphatic rings. The van der Waals surface area contributed by atoms with Gasteiger partial charge in [-0.15, -0.1) is 0 Å². The van der Waals surface area contributed by atoms with Crippen LogP contribution in [0.4, 0.5) is 0 Å². The Morgan fingerprint density at radius 2 is 1.82 bits per heavy atom. The lowest BCUT2D eigenvalue weighted by molar-refractivity contribution is -0.144. The van der Waals surface area contributed by atoms with E-state index in [-0.39, 0.29) is 24.6 Å². The van der Waals surface area contributed by atoms with E-state index in [1.807, 2.05) is 19.1 Å². The molecule has 2 rings (SSSR count). The fourth-order valence-corrected chi connectivity index (χ4v) is 2.39. The number of carbonyl (C=O) groups excluding carboxylic acids is 2. The summed E-state index contributed by atoms with van der Waals surface area (Å²) < 4.78 is 5.20. The summed E-state index contributed by atoms with van der Waals surface area (Å²) in [6.07, 6.45) is 0.351. The molecule has 22 heavy (non-hydrogen) atoms. The smallest absolute Gasteiger partial charge is 0.306 e. The number of rotatable bonds is 7. The monoisotopic (exact) mass is 304 g/mol. The minimum Gasteiger partial charge on any atom is -0.464 e. The molecule has 1 aromatic carbocycles. The van der Waals surface area contributed by atoms with E-state index in [9.17, 15) is 9.59 Å². The summed E-state index contributed by atoms with van der Waals surface area (Å²) in [5.74, 6) is -0.311. The number of ketones is 1. The first kappa shape index (κ1) is 16.6. The van der Waals surface area contributed by atoms with Crippen LogP contribution in [0.15, 0.2) is 24.3 Å². The van der Waals surface area contributed by atoms with Crippen LogP contribution in [0.3, 0.4) is 0 Å². The minimum absolute atomic E-state index is 0.0148. The highest BCUT2D eigenvalue weighted by Gasteiger charge is 2.12. The summed E-state index contributed by atoms with van der Waals surface area (Å²) >= 11 is 0. The second kappa shape index (κ2) is 8.66. The van der Waals surface area contributed by atoms with Gasteiger partial charge in [0, 0.05) is 44.7 Å². The molecule has 0 bridgehead atoms. The van der Waals surface area contributed by atoms with E-state index >= 15 is 0 Å². The number of Topliss-reactive ketones (excluding diaryl/α,β-unsaturated/α-hetero) is 1. The van der Waals surface area contributed by atoms with Crippen molar-refractivity contribution in [3.63, 3.8) is 0 Å². The van der Waals surface area contributed by atoms with Gasteiger partial charge in [-0.1, -0.05) is 29.8 Å². The van der Waals surface area contributed by atoms with Crippen LogP contribution in [0.5, 0.6) is 0 Å². The van der Waals surface area contributed by atoms with Gasteiger partial charge in [0.2, 0.25) is 0 Å². The largest absolute Gasteiger partial charge is 0.464 e. The van der Waals surface area contributed by atoms with Gasteiger partial charge in [-0.3, -0.25) is 14.5 Å². The minimum atomic E-state index is -0.296. The number of hydrogen-bond donors (Lipinski definition) is 1. The first-order chi connectivity index (χ1) is 10.6. The zero-order chi connectivity index (χ0) is 15.8. The quantitative estimate of drug-likeness (QED) is 0.609. The van der Waals surface area contributed by atoms with Crippen molar-refractivity contribution in [3.05, 3.63) is 35.4 Å². The summed E-state index contributed by atoms with van der Waals surface area (Å²) in [5.41, 5.74) is 1.77. The summed E-state index contributed by atoms with van der Waals surface area (Å²) in [6, 6.07) is 7.40. The van der Waals surface area contributed by atoms with E-state index in [0.29, 0.717) is 12.2 Å². The molecular formula is C17H24N2O3. The second-order valence-corrected chi connectivity index (χ2v) is 5.60. The zero-order valence-corrected chi connectivity index (χ0v) is 13.1. The first-order valence-electron chi connectivity index (χ1n) is 7.84. The average Bonchev–Trinajstić information content (AvgIpc) is 2.54. The van der Waals surface area contributed by atoms with Crippen LogP contribution in [0.1, 0.15) is 28.8 Å². The van der Waals surface area contributed by atoms with E-state index in [1.165, 1.54) is 0 Å². The molecule has 0 spiro atoms. The lowest BCUT2D eigenvalue weighted by atomic mass is 10.1.